The number of phosphoric ester groups is 1. The molecule has 0 rings (SSSR count). The highest BCUT2D eigenvalue weighted by atomic mass is 31.2. The minimum absolute atomic E-state index is 0.0443. The van der Waals surface area contributed by atoms with E-state index in [0.29, 0.717) is 12.8 Å². The van der Waals surface area contributed by atoms with E-state index in [9.17, 15) is 23.8 Å². The molecule has 0 aromatic heterocycles. The minimum atomic E-state index is -4.62. The fraction of sp³-hybridized carbons (Fsp3) is 0.932. The molecule has 10 heteroatoms. The van der Waals surface area contributed by atoms with E-state index < -0.39 is 13.9 Å². The van der Waals surface area contributed by atoms with Gasteiger partial charge in [0.15, 0.2) is 0 Å². The summed E-state index contributed by atoms with van der Waals surface area (Å²) in [5.41, 5.74) is 0. The molecular formula is C44H86N2O7P-. The van der Waals surface area contributed by atoms with Crippen molar-refractivity contribution in [3.8, 4) is 0 Å². The first kappa shape index (κ1) is 52.7. The van der Waals surface area contributed by atoms with Crippen molar-refractivity contribution in [2.75, 3.05) is 19.8 Å². The van der Waals surface area contributed by atoms with Crippen LogP contribution in [0.25, 0.3) is 0 Å². The Morgan fingerprint density at radius 2 is 0.852 bits per heavy atom. The van der Waals surface area contributed by atoms with E-state index in [1.54, 1.807) is 0 Å². The second-order valence-corrected chi connectivity index (χ2v) is 17.3. The van der Waals surface area contributed by atoms with Gasteiger partial charge in [0.1, 0.15) is 5.78 Å². The van der Waals surface area contributed by atoms with Gasteiger partial charge >= 0.3 is 0 Å². The monoisotopic (exact) mass is 786 g/mol. The number of Topliss-reactive ketones (excluding diaryl/α,β-unsaturated/α-hetero) is 1. The van der Waals surface area contributed by atoms with E-state index in [4.69, 9.17) is 9.05 Å². The molecule has 0 aliphatic rings. The molecule has 0 bridgehead atoms. The number of amides is 2. The van der Waals surface area contributed by atoms with E-state index in [-0.39, 0.29) is 50.2 Å². The molecule has 0 aliphatic carbocycles. The molecule has 0 aromatic carbocycles. The Morgan fingerprint density at radius 1 is 0.500 bits per heavy atom. The van der Waals surface area contributed by atoms with Gasteiger partial charge in [-0.15, -0.1) is 0 Å². The van der Waals surface area contributed by atoms with E-state index in [1.165, 1.54) is 161 Å². The summed E-state index contributed by atoms with van der Waals surface area (Å²) >= 11 is 0. The number of phosphoric acid groups is 1. The highest BCUT2D eigenvalue weighted by molar-refractivity contribution is 7.45. The molecule has 320 valence electrons. The lowest BCUT2D eigenvalue weighted by molar-refractivity contribution is -0.226. The standard InChI is InChI=1S/C44H87N2O7P/c1-4-6-8-10-12-14-16-18-20-22-24-26-28-30-32-36-43(48)45-39-42(40-53-54(50,51)52-38-34-35-41(3)47)46-44(49)37-33-31-29-27-25-23-21-19-17-15-13-11-9-7-5-2/h42H,4-40H2,1-3H3,(H,45,48)(H,46,49)(H,50,51)/p-1/t42-/m1/s1. The first-order chi connectivity index (χ1) is 26.2. The fourth-order valence-corrected chi connectivity index (χ4v) is 7.60. The molecule has 0 saturated heterocycles. The third-order valence-corrected chi connectivity index (χ3v) is 11.2. The third kappa shape index (κ3) is 40.4. The smallest absolute Gasteiger partial charge is 0.267 e. The highest BCUT2D eigenvalue weighted by Gasteiger charge is 2.18. The first-order valence-corrected chi connectivity index (χ1v) is 24.3. The molecule has 0 aromatic rings. The van der Waals surface area contributed by atoms with Crippen molar-refractivity contribution in [2.45, 2.75) is 245 Å². The van der Waals surface area contributed by atoms with Crippen molar-refractivity contribution in [3.63, 3.8) is 0 Å². The van der Waals surface area contributed by atoms with Gasteiger partial charge in [0.05, 0.1) is 19.3 Å². The van der Waals surface area contributed by atoms with Crippen LogP contribution in [0.1, 0.15) is 239 Å². The maximum atomic E-state index is 12.8. The number of unbranched alkanes of at least 4 members (excludes halogenated alkanes) is 28. The van der Waals surface area contributed by atoms with Gasteiger partial charge in [-0.3, -0.25) is 14.2 Å². The summed E-state index contributed by atoms with van der Waals surface area (Å²) in [6, 6.07) is -0.707. The number of rotatable bonds is 43. The van der Waals surface area contributed by atoms with Crippen LogP contribution in [0.4, 0.5) is 0 Å². The number of hydrogen-bond acceptors (Lipinski definition) is 7. The second-order valence-electron chi connectivity index (χ2n) is 15.8. The fourth-order valence-electron chi connectivity index (χ4n) is 6.81. The van der Waals surface area contributed by atoms with Crippen LogP contribution < -0.4 is 15.5 Å². The summed E-state index contributed by atoms with van der Waals surface area (Å²) < 4.78 is 22.3. The van der Waals surface area contributed by atoms with Crippen molar-refractivity contribution in [2.24, 2.45) is 0 Å². The zero-order valence-corrected chi connectivity index (χ0v) is 36.4. The summed E-state index contributed by atoms with van der Waals surface area (Å²) in [6.07, 6.45) is 39.0. The zero-order chi connectivity index (χ0) is 39.8. The number of ketones is 1. The molecule has 54 heavy (non-hydrogen) atoms. The van der Waals surface area contributed by atoms with E-state index in [1.807, 2.05) is 0 Å². The summed E-state index contributed by atoms with van der Waals surface area (Å²) in [4.78, 5) is 48.8. The van der Waals surface area contributed by atoms with Gasteiger partial charge in [-0.1, -0.05) is 194 Å². The summed E-state index contributed by atoms with van der Waals surface area (Å²) in [5, 5.41) is 5.72. The van der Waals surface area contributed by atoms with Crippen LogP contribution in [-0.4, -0.2) is 43.4 Å². The van der Waals surface area contributed by atoms with Crippen LogP contribution in [-0.2, 0) is 28.0 Å². The van der Waals surface area contributed by atoms with E-state index in [0.717, 1.165) is 38.5 Å². The predicted molar refractivity (Wildman–Crippen MR) is 223 cm³/mol. The zero-order valence-electron chi connectivity index (χ0n) is 35.5. The number of carbonyl (C=O) groups is 3. The van der Waals surface area contributed by atoms with Gasteiger partial charge in [0.2, 0.25) is 11.8 Å². The Morgan fingerprint density at radius 3 is 1.22 bits per heavy atom. The largest absolute Gasteiger partial charge is 0.756 e. The summed E-state index contributed by atoms with van der Waals surface area (Å²) in [7, 11) is -4.62. The summed E-state index contributed by atoms with van der Waals surface area (Å²) in [5.74, 6) is -0.340. The van der Waals surface area contributed by atoms with E-state index >= 15 is 0 Å². The van der Waals surface area contributed by atoms with E-state index in [2.05, 4.69) is 24.5 Å². The van der Waals surface area contributed by atoms with Gasteiger partial charge in [-0.2, -0.15) is 0 Å². The van der Waals surface area contributed by atoms with Crippen LogP contribution in [0.2, 0.25) is 0 Å². The van der Waals surface area contributed by atoms with Crippen molar-refractivity contribution < 1.29 is 32.9 Å². The van der Waals surface area contributed by atoms with Crippen molar-refractivity contribution >= 4 is 25.4 Å². The third-order valence-electron chi connectivity index (χ3n) is 10.3. The average molecular weight is 786 g/mol. The molecular weight excluding hydrogens is 699 g/mol. The number of carbonyl (C=O) groups excluding carboxylic acids is 3. The number of nitrogens with one attached hydrogen (secondary N) is 2. The minimum Gasteiger partial charge on any atom is -0.756 e. The quantitative estimate of drug-likeness (QED) is 0.0464. The lowest BCUT2D eigenvalue weighted by Gasteiger charge is -2.26. The van der Waals surface area contributed by atoms with Crippen LogP contribution in [0.15, 0.2) is 0 Å². The van der Waals surface area contributed by atoms with Crippen molar-refractivity contribution in [1.82, 2.24) is 10.6 Å². The lowest BCUT2D eigenvalue weighted by Crippen LogP contribution is -2.46. The molecule has 0 saturated carbocycles. The average Bonchev–Trinajstić information content (AvgIpc) is 3.14. The van der Waals surface area contributed by atoms with Crippen LogP contribution in [0.3, 0.4) is 0 Å². The van der Waals surface area contributed by atoms with Crippen LogP contribution in [0.5, 0.6) is 0 Å². The van der Waals surface area contributed by atoms with Gasteiger partial charge in [-0.25, -0.2) is 0 Å². The predicted octanol–water partition coefficient (Wildman–Crippen LogP) is 12.0. The van der Waals surface area contributed by atoms with Crippen LogP contribution >= 0.6 is 7.82 Å². The molecule has 2 amide bonds. The van der Waals surface area contributed by atoms with Gasteiger partial charge in [0, 0.05) is 25.8 Å². The SMILES string of the molecule is CCCCCCCCCCCCCCCCCC(=O)NC[C@H](COP(=O)([O-])OCCCC(C)=O)NC(=O)CCCCCCCCCCCCCCCCC. The maximum absolute atomic E-state index is 12.8. The number of hydrogen-bond donors (Lipinski definition) is 2. The molecule has 1 unspecified atom stereocenters. The molecule has 9 nitrogen and oxygen atoms in total. The first-order valence-electron chi connectivity index (χ1n) is 22.9. The highest BCUT2D eigenvalue weighted by Crippen LogP contribution is 2.38. The summed E-state index contributed by atoms with van der Waals surface area (Å²) in [6.45, 7) is 5.55. The molecule has 0 fully saturated rings. The molecule has 0 heterocycles. The Kier molecular flexibility index (Phi) is 39.0. The Bertz CT molecular complexity index is 919. The van der Waals surface area contributed by atoms with Crippen molar-refractivity contribution in [3.05, 3.63) is 0 Å². The van der Waals surface area contributed by atoms with Gasteiger partial charge in [-0.05, 0) is 26.2 Å². The molecule has 0 spiro atoms. The van der Waals surface area contributed by atoms with Gasteiger partial charge < -0.3 is 29.4 Å². The topological polar surface area (TPSA) is 134 Å². The lowest BCUT2D eigenvalue weighted by atomic mass is 10.0. The van der Waals surface area contributed by atoms with Crippen LogP contribution in [0, 0.1) is 0 Å². The second kappa shape index (κ2) is 39.9. The van der Waals surface area contributed by atoms with Gasteiger partial charge in [0.25, 0.3) is 7.82 Å². The maximum Gasteiger partial charge on any atom is 0.267 e. The Hall–Kier alpha value is -1.28. The Labute approximate surface area is 333 Å². The molecule has 0 aliphatic heterocycles. The molecule has 2 N–H and O–H groups in total. The van der Waals surface area contributed by atoms with Crippen molar-refractivity contribution in [1.29, 1.82) is 0 Å². The molecule has 2 atom stereocenters. The Balaban J connectivity index is 4.28. The normalized spacial score (nSPS) is 13.1. The molecule has 0 radical (unpaired) electrons.